The van der Waals surface area contributed by atoms with Crippen molar-refractivity contribution in [3.05, 3.63) is 29.3 Å². The zero-order valence-corrected chi connectivity index (χ0v) is 7.11. The van der Waals surface area contributed by atoms with E-state index in [1.54, 1.807) is 0 Å². The van der Waals surface area contributed by atoms with Gasteiger partial charge in [0.2, 0.25) is 5.91 Å². The van der Waals surface area contributed by atoms with Gasteiger partial charge >= 0.3 is 0 Å². The first-order valence-corrected chi connectivity index (χ1v) is 3.62. The Morgan fingerprint density at radius 1 is 1.54 bits per heavy atom. The lowest BCUT2D eigenvalue weighted by molar-refractivity contribution is 0.0998. The smallest absolute Gasteiger partial charge is 0.248 e. The molecular formula is C9H9NO3. The van der Waals surface area contributed by atoms with E-state index in [9.17, 15) is 9.59 Å². The van der Waals surface area contributed by atoms with E-state index in [2.05, 4.69) is 0 Å². The number of methoxy groups -OCH3 is 1. The van der Waals surface area contributed by atoms with Crippen LogP contribution in [-0.4, -0.2) is 19.3 Å². The fourth-order valence-electron chi connectivity index (χ4n) is 0.962. The van der Waals surface area contributed by atoms with Crippen molar-refractivity contribution in [1.82, 2.24) is 0 Å². The van der Waals surface area contributed by atoms with Gasteiger partial charge in [-0.05, 0) is 18.2 Å². The van der Waals surface area contributed by atoms with Crippen LogP contribution in [0.1, 0.15) is 20.7 Å². The van der Waals surface area contributed by atoms with Crippen LogP contribution in [0.15, 0.2) is 18.2 Å². The van der Waals surface area contributed by atoms with Crippen LogP contribution >= 0.6 is 0 Å². The van der Waals surface area contributed by atoms with Crippen LogP contribution in [-0.2, 0) is 0 Å². The number of rotatable bonds is 3. The molecule has 1 aromatic carbocycles. The molecule has 0 heterocycles. The molecule has 0 spiro atoms. The summed E-state index contributed by atoms with van der Waals surface area (Å²) in [6.45, 7) is 0. The van der Waals surface area contributed by atoms with Gasteiger partial charge in [0.15, 0.2) is 6.29 Å². The van der Waals surface area contributed by atoms with Gasteiger partial charge in [-0.1, -0.05) is 0 Å². The van der Waals surface area contributed by atoms with Crippen LogP contribution in [0.2, 0.25) is 0 Å². The molecule has 1 amide bonds. The van der Waals surface area contributed by atoms with Crippen LogP contribution < -0.4 is 10.5 Å². The Kier molecular flexibility index (Phi) is 2.64. The lowest BCUT2D eigenvalue weighted by atomic mass is 10.1. The van der Waals surface area contributed by atoms with E-state index in [1.165, 1.54) is 25.3 Å². The largest absolute Gasteiger partial charge is 0.496 e. The van der Waals surface area contributed by atoms with Gasteiger partial charge in [-0.2, -0.15) is 0 Å². The molecule has 0 aliphatic carbocycles. The molecule has 0 aliphatic heterocycles. The molecule has 0 saturated heterocycles. The summed E-state index contributed by atoms with van der Waals surface area (Å²) in [6, 6.07) is 4.41. The maximum absolute atomic E-state index is 10.7. The zero-order valence-electron chi connectivity index (χ0n) is 7.11. The van der Waals surface area contributed by atoms with Gasteiger partial charge < -0.3 is 10.5 Å². The van der Waals surface area contributed by atoms with Gasteiger partial charge in [0.25, 0.3) is 0 Å². The van der Waals surface area contributed by atoms with Crippen molar-refractivity contribution in [2.45, 2.75) is 0 Å². The van der Waals surface area contributed by atoms with Crippen LogP contribution in [0.25, 0.3) is 0 Å². The summed E-state index contributed by atoms with van der Waals surface area (Å²) in [5.74, 6) is -0.193. The Morgan fingerprint density at radius 3 is 2.69 bits per heavy atom. The van der Waals surface area contributed by atoms with Gasteiger partial charge in [0.1, 0.15) is 5.75 Å². The molecule has 0 aliphatic rings. The van der Waals surface area contributed by atoms with Crippen molar-refractivity contribution in [3.63, 3.8) is 0 Å². The van der Waals surface area contributed by atoms with Crippen molar-refractivity contribution in [2.75, 3.05) is 7.11 Å². The van der Waals surface area contributed by atoms with Crippen LogP contribution in [0, 0.1) is 0 Å². The first-order valence-electron chi connectivity index (χ1n) is 3.62. The second-order valence-electron chi connectivity index (χ2n) is 2.44. The molecule has 0 aromatic heterocycles. The van der Waals surface area contributed by atoms with Crippen molar-refractivity contribution >= 4 is 12.2 Å². The third-order valence-electron chi connectivity index (χ3n) is 1.64. The summed E-state index contributed by atoms with van der Waals surface area (Å²) in [4.78, 5) is 21.2. The lowest BCUT2D eigenvalue weighted by Crippen LogP contribution is -2.11. The highest BCUT2D eigenvalue weighted by molar-refractivity contribution is 5.94. The van der Waals surface area contributed by atoms with E-state index in [-0.39, 0.29) is 0 Å². The number of ether oxygens (including phenoxy) is 1. The van der Waals surface area contributed by atoms with E-state index in [1.807, 2.05) is 0 Å². The Balaban J connectivity index is 3.20. The van der Waals surface area contributed by atoms with E-state index in [0.29, 0.717) is 23.2 Å². The average Bonchev–Trinajstić information content (AvgIpc) is 2.16. The maximum atomic E-state index is 10.7. The summed E-state index contributed by atoms with van der Waals surface area (Å²) in [7, 11) is 1.42. The van der Waals surface area contributed by atoms with Gasteiger partial charge in [0, 0.05) is 5.56 Å². The number of primary amides is 1. The fourth-order valence-corrected chi connectivity index (χ4v) is 0.962. The third kappa shape index (κ3) is 1.84. The number of hydrogen-bond donors (Lipinski definition) is 1. The summed E-state index contributed by atoms with van der Waals surface area (Å²) >= 11 is 0. The highest BCUT2D eigenvalue weighted by atomic mass is 16.5. The molecule has 0 atom stereocenters. The summed E-state index contributed by atoms with van der Waals surface area (Å²) < 4.78 is 4.89. The fraction of sp³-hybridized carbons (Fsp3) is 0.111. The van der Waals surface area contributed by atoms with Crippen molar-refractivity contribution in [2.24, 2.45) is 5.73 Å². The van der Waals surface area contributed by atoms with Crippen molar-refractivity contribution < 1.29 is 14.3 Å². The predicted molar refractivity (Wildman–Crippen MR) is 46.9 cm³/mol. The quantitative estimate of drug-likeness (QED) is 0.691. The second kappa shape index (κ2) is 3.71. The molecule has 0 unspecified atom stereocenters. The SMILES string of the molecule is COc1cc(C(N)=O)ccc1C=O. The maximum Gasteiger partial charge on any atom is 0.248 e. The number of amides is 1. The molecule has 68 valence electrons. The van der Waals surface area contributed by atoms with E-state index in [4.69, 9.17) is 10.5 Å². The minimum absolute atomic E-state index is 0.322. The number of carbonyl (C=O) groups is 2. The monoisotopic (exact) mass is 179 g/mol. The average molecular weight is 179 g/mol. The summed E-state index contributed by atoms with van der Waals surface area (Å²) in [5, 5.41) is 0. The van der Waals surface area contributed by atoms with E-state index in [0.717, 1.165) is 0 Å². The van der Waals surface area contributed by atoms with Crippen molar-refractivity contribution in [1.29, 1.82) is 0 Å². The molecule has 0 bridgehead atoms. The standard InChI is InChI=1S/C9H9NO3/c1-13-8-4-6(9(10)12)2-3-7(8)5-11/h2-5H,1H3,(H2,10,12). The number of aldehydes is 1. The van der Waals surface area contributed by atoms with Gasteiger partial charge in [-0.3, -0.25) is 9.59 Å². The number of hydrogen-bond acceptors (Lipinski definition) is 3. The predicted octanol–water partition coefficient (Wildman–Crippen LogP) is 0.607. The Hall–Kier alpha value is -1.84. The van der Waals surface area contributed by atoms with Gasteiger partial charge in [0.05, 0.1) is 12.7 Å². The molecule has 2 N–H and O–H groups in total. The molecule has 1 rings (SSSR count). The zero-order chi connectivity index (χ0) is 9.84. The van der Waals surface area contributed by atoms with E-state index < -0.39 is 5.91 Å². The Morgan fingerprint density at radius 2 is 2.23 bits per heavy atom. The summed E-state index contributed by atoms with van der Waals surface area (Å²) in [5.41, 5.74) is 5.76. The van der Waals surface area contributed by atoms with Gasteiger partial charge in [-0.25, -0.2) is 0 Å². The normalized spacial score (nSPS) is 9.31. The third-order valence-corrected chi connectivity index (χ3v) is 1.64. The Labute approximate surface area is 75.3 Å². The molecule has 0 fully saturated rings. The van der Waals surface area contributed by atoms with Crippen LogP contribution in [0.3, 0.4) is 0 Å². The molecule has 0 radical (unpaired) electrons. The van der Waals surface area contributed by atoms with Crippen molar-refractivity contribution in [3.8, 4) is 5.75 Å². The Bertz CT molecular complexity index is 347. The minimum Gasteiger partial charge on any atom is -0.496 e. The van der Waals surface area contributed by atoms with Gasteiger partial charge in [-0.15, -0.1) is 0 Å². The topological polar surface area (TPSA) is 69.4 Å². The highest BCUT2D eigenvalue weighted by Gasteiger charge is 2.06. The molecule has 1 aromatic rings. The lowest BCUT2D eigenvalue weighted by Gasteiger charge is -2.03. The van der Waals surface area contributed by atoms with E-state index >= 15 is 0 Å². The minimum atomic E-state index is -0.546. The van der Waals surface area contributed by atoms with Crippen LogP contribution in [0.5, 0.6) is 5.75 Å². The molecule has 13 heavy (non-hydrogen) atoms. The second-order valence-corrected chi connectivity index (χ2v) is 2.44. The number of benzene rings is 1. The van der Waals surface area contributed by atoms with Crippen LogP contribution in [0.4, 0.5) is 0 Å². The highest BCUT2D eigenvalue weighted by Crippen LogP contribution is 2.17. The number of nitrogens with two attached hydrogens (primary N) is 1. The first-order chi connectivity index (χ1) is 6.19. The molecule has 4 nitrogen and oxygen atoms in total. The molecular weight excluding hydrogens is 170 g/mol. The number of carbonyl (C=O) groups excluding carboxylic acids is 2. The molecule has 4 heteroatoms. The summed E-state index contributed by atoms with van der Waals surface area (Å²) in [6.07, 6.45) is 0.656. The first kappa shape index (κ1) is 9.25. The molecule has 0 saturated carbocycles.